The molecule has 0 atom stereocenters. The zero-order valence-electron chi connectivity index (χ0n) is 36.9. The van der Waals surface area contributed by atoms with Gasteiger partial charge in [-0.05, 0) is 82.9 Å². The van der Waals surface area contributed by atoms with Crippen LogP contribution < -0.4 is 0 Å². The molecule has 0 aliphatic rings. The molecule has 0 N–H and O–H groups in total. The highest BCUT2D eigenvalue weighted by molar-refractivity contribution is 6.12. The van der Waals surface area contributed by atoms with E-state index in [0.29, 0.717) is 83.4 Å². The van der Waals surface area contributed by atoms with Gasteiger partial charge in [0.15, 0.2) is 17.5 Å². The third-order valence-corrected chi connectivity index (χ3v) is 12.9. The molecule has 0 unspecified atom stereocenters. The lowest BCUT2D eigenvalue weighted by molar-refractivity contribution is -0.137. The van der Waals surface area contributed by atoms with Gasteiger partial charge in [-0.3, -0.25) is 0 Å². The van der Waals surface area contributed by atoms with Crippen LogP contribution in [0.4, 0.5) is 13.2 Å². The van der Waals surface area contributed by atoms with Crippen LogP contribution in [0.25, 0.3) is 111 Å². The van der Waals surface area contributed by atoms with Crippen molar-refractivity contribution in [3.05, 3.63) is 223 Å². The summed E-state index contributed by atoms with van der Waals surface area (Å²) in [6, 6.07) is 67.2. The Balaban J connectivity index is 1.21. The van der Waals surface area contributed by atoms with Crippen molar-refractivity contribution in [3.63, 3.8) is 0 Å². The Hall–Kier alpha value is -9.64. The molecule has 3 heterocycles. The summed E-state index contributed by atoms with van der Waals surface area (Å²) >= 11 is 0. The second-order valence-corrected chi connectivity index (χ2v) is 16.9. The number of hydrogen-bond donors (Lipinski definition) is 0. The van der Waals surface area contributed by atoms with Crippen LogP contribution in [0.3, 0.4) is 0 Å². The van der Waals surface area contributed by atoms with Gasteiger partial charge in [0, 0.05) is 38.2 Å². The molecule has 0 saturated heterocycles. The molecular formula is C60H34F3N7. The standard InChI is InChI=1S/C60H34F3N7/c61-60(62,63)56-54(69-50-25-13-11-23-46(50)48-31-39(27-29-52(48)69)44-21-9-7-19-41(44)35-64)33-43(59-67-57(37-15-3-1-4-16-37)66-58(68-59)38-17-5-2-6-18-38)34-55(56)70-51-26-14-12-24-47(51)49-32-40(28-30-53(49)70)45-22-10-8-20-42(45)36-65/h1-34H. The second kappa shape index (κ2) is 16.6. The fraction of sp³-hybridized carbons (Fsp3) is 0.0167. The van der Waals surface area contributed by atoms with Crippen LogP contribution in [0.15, 0.2) is 206 Å². The molecule has 0 radical (unpaired) electrons. The number of aromatic nitrogens is 5. The highest BCUT2D eigenvalue weighted by Crippen LogP contribution is 2.47. The molecule has 12 rings (SSSR count). The summed E-state index contributed by atoms with van der Waals surface area (Å²) in [7, 11) is 0. The molecule has 0 aliphatic heterocycles. The van der Waals surface area contributed by atoms with Gasteiger partial charge in [-0.15, -0.1) is 0 Å². The summed E-state index contributed by atoms with van der Waals surface area (Å²) in [6.07, 6.45) is -4.92. The van der Waals surface area contributed by atoms with E-state index in [1.165, 1.54) is 0 Å². The fourth-order valence-corrected chi connectivity index (χ4v) is 9.79. The fourth-order valence-electron chi connectivity index (χ4n) is 9.79. The molecule has 0 aliphatic carbocycles. The van der Waals surface area contributed by atoms with E-state index in [0.717, 1.165) is 21.9 Å². The van der Waals surface area contributed by atoms with E-state index in [9.17, 15) is 10.5 Å². The van der Waals surface area contributed by atoms with E-state index in [1.54, 1.807) is 45.5 Å². The van der Waals surface area contributed by atoms with E-state index in [4.69, 9.17) is 15.0 Å². The van der Waals surface area contributed by atoms with E-state index in [-0.39, 0.29) is 17.2 Å². The monoisotopic (exact) mass is 909 g/mol. The summed E-state index contributed by atoms with van der Waals surface area (Å²) < 4.78 is 53.8. The maximum Gasteiger partial charge on any atom is 0.420 e. The number of rotatable bonds is 7. The van der Waals surface area contributed by atoms with Crippen molar-refractivity contribution < 1.29 is 13.2 Å². The van der Waals surface area contributed by atoms with Gasteiger partial charge in [-0.1, -0.05) is 146 Å². The lowest BCUT2D eigenvalue weighted by atomic mass is 9.98. The van der Waals surface area contributed by atoms with Gasteiger partial charge < -0.3 is 9.13 Å². The number of nitriles is 2. The molecule has 0 fully saturated rings. The Kier molecular flexibility index (Phi) is 9.90. The molecule has 10 heteroatoms. The molecule has 0 bridgehead atoms. The van der Waals surface area contributed by atoms with Gasteiger partial charge >= 0.3 is 6.18 Å². The average Bonchev–Trinajstić information content (AvgIpc) is 3.92. The minimum absolute atomic E-state index is 0.134. The molecular weight excluding hydrogens is 876 g/mol. The van der Waals surface area contributed by atoms with Crippen molar-refractivity contribution in [2.45, 2.75) is 6.18 Å². The minimum atomic E-state index is -4.92. The highest BCUT2D eigenvalue weighted by Gasteiger charge is 2.40. The number of hydrogen-bond acceptors (Lipinski definition) is 5. The molecule has 7 nitrogen and oxygen atoms in total. The van der Waals surface area contributed by atoms with E-state index < -0.39 is 11.7 Å². The summed E-state index contributed by atoms with van der Waals surface area (Å²) in [6.45, 7) is 0. The van der Waals surface area contributed by atoms with E-state index in [2.05, 4.69) is 12.1 Å². The van der Waals surface area contributed by atoms with Crippen molar-refractivity contribution in [2.24, 2.45) is 0 Å². The molecule has 0 amide bonds. The van der Waals surface area contributed by atoms with Gasteiger partial charge in [0.2, 0.25) is 0 Å². The number of para-hydroxylation sites is 2. The van der Waals surface area contributed by atoms with Crippen molar-refractivity contribution in [1.82, 2.24) is 24.1 Å². The van der Waals surface area contributed by atoms with Gasteiger partial charge in [0.05, 0.1) is 56.7 Å². The first-order valence-electron chi connectivity index (χ1n) is 22.5. The van der Waals surface area contributed by atoms with E-state index >= 15 is 13.2 Å². The molecule has 12 aromatic rings. The Morgan fingerprint density at radius 3 is 1.16 bits per heavy atom. The Labute approximate surface area is 398 Å². The first-order valence-corrected chi connectivity index (χ1v) is 22.5. The first-order chi connectivity index (χ1) is 34.3. The van der Waals surface area contributed by atoms with Crippen LogP contribution in [0.1, 0.15) is 16.7 Å². The van der Waals surface area contributed by atoms with Crippen LogP contribution in [-0.2, 0) is 6.18 Å². The van der Waals surface area contributed by atoms with E-state index in [1.807, 2.05) is 170 Å². The van der Waals surface area contributed by atoms with Crippen LogP contribution in [0.2, 0.25) is 0 Å². The van der Waals surface area contributed by atoms with Crippen LogP contribution >= 0.6 is 0 Å². The predicted molar refractivity (Wildman–Crippen MR) is 270 cm³/mol. The van der Waals surface area contributed by atoms with Crippen LogP contribution in [-0.4, -0.2) is 24.1 Å². The maximum absolute atomic E-state index is 16.8. The zero-order chi connectivity index (χ0) is 47.5. The Bertz CT molecular complexity index is 3890. The van der Waals surface area contributed by atoms with Gasteiger partial charge in [-0.25, -0.2) is 15.0 Å². The number of nitrogens with zero attached hydrogens (tertiary/aromatic N) is 7. The SMILES string of the molecule is N#Cc1ccccc1-c1ccc2c(c1)c1ccccc1n2-c1cc(-c2nc(-c3ccccc3)nc(-c3ccccc3)n2)cc(-n2c3ccccc3c3cc(-c4ccccc4C#N)ccc32)c1C(F)(F)F. The van der Waals surface area contributed by atoms with Gasteiger partial charge in [0.25, 0.3) is 0 Å². The quantitative estimate of drug-likeness (QED) is 0.159. The molecule has 70 heavy (non-hydrogen) atoms. The largest absolute Gasteiger partial charge is 0.420 e. The summed E-state index contributed by atoms with van der Waals surface area (Å²) in [5.74, 6) is 0.893. The third kappa shape index (κ3) is 6.94. The zero-order valence-corrected chi connectivity index (χ0v) is 36.9. The number of benzene rings is 9. The van der Waals surface area contributed by atoms with Crippen molar-refractivity contribution in [2.75, 3.05) is 0 Å². The van der Waals surface area contributed by atoms with Crippen molar-refractivity contribution in [1.29, 1.82) is 10.5 Å². The average molecular weight is 910 g/mol. The van der Waals surface area contributed by atoms with Gasteiger partial charge in [0.1, 0.15) is 5.56 Å². The van der Waals surface area contributed by atoms with Gasteiger partial charge in [-0.2, -0.15) is 23.7 Å². The normalized spacial score (nSPS) is 11.6. The predicted octanol–water partition coefficient (Wildman–Crippen LogP) is 15.2. The molecule has 0 saturated carbocycles. The molecule has 3 aromatic heterocycles. The lowest BCUT2D eigenvalue weighted by Crippen LogP contribution is -2.16. The number of alkyl halides is 3. The smallest absolute Gasteiger partial charge is 0.309 e. The number of halogens is 3. The topological polar surface area (TPSA) is 96.1 Å². The molecule has 9 aromatic carbocycles. The summed E-state index contributed by atoms with van der Waals surface area (Å²) in [5, 5.41) is 23.0. The summed E-state index contributed by atoms with van der Waals surface area (Å²) in [4.78, 5) is 15.0. The highest BCUT2D eigenvalue weighted by atomic mass is 19.4. The summed E-state index contributed by atoms with van der Waals surface area (Å²) in [5.41, 5.74) is 6.67. The Morgan fingerprint density at radius 1 is 0.357 bits per heavy atom. The van der Waals surface area contributed by atoms with Crippen molar-refractivity contribution >= 4 is 43.6 Å². The lowest BCUT2D eigenvalue weighted by Gasteiger charge is -2.23. The first kappa shape index (κ1) is 41.8. The minimum Gasteiger partial charge on any atom is -0.309 e. The molecule has 330 valence electrons. The Morgan fingerprint density at radius 2 is 0.729 bits per heavy atom. The van der Waals surface area contributed by atoms with Crippen LogP contribution in [0, 0.1) is 22.7 Å². The molecule has 0 spiro atoms. The van der Waals surface area contributed by atoms with Crippen LogP contribution in [0.5, 0.6) is 0 Å². The number of fused-ring (bicyclic) bond motifs is 6. The van der Waals surface area contributed by atoms with Crippen molar-refractivity contribution in [3.8, 4) is 79.9 Å². The maximum atomic E-state index is 16.8. The second-order valence-electron chi connectivity index (χ2n) is 16.9. The third-order valence-electron chi connectivity index (χ3n) is 12.9.